The van der Waals surface area contributed by atoms with Gasteiger partial charge in [-0.25, -0.2) is 0 Å². The van der Waals surface area contributed by atoms with Gasteiger partial charge in [-0.2, -0.15) is 0 Å². The molecule has 7 heteroatoms. The number of hydrogen-bond donors (Lipinski definition) is 1. The highest BCUT2D eigenvalue weighted by atomic mass is 35.5. The van der Waals surface area contributed by atoms with Crippen molar-refractivity contribution in [2.24, 2.45) is 5.92 Å². The van der Waals surface area contributed by atoms with Gasteiger partial charge >= 0.3 is 5.97 Å². The van der Waals surface area contributed by atoms with E-state index in [4.69, 9.17) is 28.6 Å². The van der Waals surface area contributed by atoms with Gasteiger partial charge in [-0.1, -0.05) is 17.7 Å². The van der Waals surface area contributed by atoms with Crippen LogP contribution in [0.1, 0.15) is 25.3 Å². The summed E-state index contributed by atoms with van der Waals surface area (Å²) in [7, 11) is 0. The molecule has 0 bridgehead atoms. The summed E-state index contributed by atoms with van der Waals surface area (Å²) < 4.78 is 10.00. The Balaban J connectivity index is 1.68. The first-order valence-corrected chi connectivity index (χ1v) is 9.83. The van der Waals surface area contributed by atoms with Crippen LogP contribution in [0.3, 0.4) is 0 Å². The van der Waals surface area contributed by atoms with Crippen molar-refractivity contribution < 1.29 is 14.4 Å². The molecule has 1 aliphatic heterocycles. The molecule has 140 valence electrons. The summed E-state index contributed by atoms with van der Waals surface area (Å²) in [5.74, 6) is -0.00359. The largest absolute Gasteiger partial charge is 0.466 e. The van der Waals surface area contributed by atoms with Crippen LogP contribution in [0, 0.1) is 17.6 Å². The van der Waals surface area contributed by atoms with Crippen LogP contribution in [-0.2, 0) is 16.2 Å². The van der Waals surface area contributed by atoms with E-state index in [9.17, 15) is 4.79 Å². The van der Waals surface area contributed by atoms with Crippen molar-refractivity contribution >= 4 is 29.8 Å². The van der Waals surface area contributed by atoms with Crippen molar-refractivity contribution in [1.29, 1.82) is 0 Å². The molecule has 1 fully saturated rings. The Morgan fingerprint density at radius 1 is 1.35 bits per heavy atom. The molecule has 1 aromatic carbocycles. The number of carbonyl (C=O) groups excluding carboxylic acids is 1. The second-order valence-electron chi connectivity index (χ2n) is 6.74. The number of hydrogen-bond acceptors (Lipinski definition) is 3. The molecule has 1 aromatic heterocycles. The lowest BCUT2D eigenvalue weighted by molar-refractivity contribution is -0.928. The quantitative estimate of drug-likeness (QED) is 0.626. The van der Waals surface area contributed by atoms with Gasteiger partial charge in [0, 0.05) is 30.3 Å². The van der Waals surface area contributed by atoms with Crippen LogP contribution >= 0.6 is 23.8 Å². The third kappa shape index (κ3) is 4.03. The van der Waals surface area contributed by atoms with Crippen molar-refractivity contribution in [2.75, 3.05) is 19.7 Å². The molecule has 0 radical (unpaired) electrons. The Labute approximate surface area is 164 Å². The van der Waals surface area contributed by atoms with E-state index in [0.717, 1.165) is 53.6 Å². The number of imidazole rings is 1. The second kappa shape index (κ2) is 8.37. The van der Waals surface area contributed by atoms with Crippen LogP contribution in [0.4, 0.5) is 0 Å². The van der Waals surface area contributed by atoms with Gasteiger partial charge in [0.15, 0.2) is 11.4 Å². The van der Waals surface area contributed by atoms with Crippen molar-refractivity contribution in [2.45, 2.75) is 33.4 Å². The maximum Gasteiger partial charge on any atom is 0.309 e. The van der Waals surface area contributed by atoms with Crippen LogP contribution in [0.25, 0.3) is 5.69 Å². The van der Waals surface area contributed by atoms with E-state index in [1.807, 2.05) is 49.0 Å². The number of quaternary nitrogens is 1. The fourth-order valence-corrected chi connectivity index (χ4v) is 3.95. The molecule has 2 aromatic rings. The molecule has 5 nitrogen and oxygen atoms in total. The fourth-order valence-electron chi connectivity index (χ4n) is 3.49. The summed E-state index contributed by atoms with van der Waals surface area (Å²) in [6.07, 6.45) is 5.75. The number of halogens is 1. The third-order valence-electron chi connectivity index (χ3n) is 5.05. The van der Waals surface area contributed by atoms with Gasteiger partial charge in [-0.3, -0.25) is 13.9 Å². The molecule has 1 saturated heterocycles. The minimum absolute atomic E-state index is 0.0466. The normalized spacial score (nSPS) is 20.1. The molecule has 26 heavy (non-hydrogen) atoms. The van der Waals surface area contributed by atoms with Gasteiger partial charge in [0.1, 0.15) is 0 Å². The van der Waals surface area contributed by atoms with Gasteiger partial charge in [0.2, 0.25) is 0 Å². The van der Waals surface area contributed by atoms with Gasteiger partial charge in [-0.05, 0) is 43.8 Å². The average molecular weight is 395 g/mol. The standard InChI is InChI=1S/C19H24ClN3O2S/c1-3-25-18(24)15-7-9-21(10-8-15)13-22-11-12-23(19(22)26)17-6-4-5-16(20)14(17)2/h4-6,11-12,15H,3,7-10,13H2,1-2H3/p+1. The predicted octanol–water partition coefficient (Wildman–Crippen LogP) is 2.79. The fraction of sp³-hybridized carbons (Fsp3) is 0.474. The Morgan fingerprint density at radius 2 is 2.08 bits per heavy atom. The molecule has 0 aliphatic carbocycles. The van der Waals surface area contributed by atoms with Gasteiger partial charge in [0.25, 0.3) is 0 Å². The van der Waals surface area contributed by atoms with E-state index in [1.165, 1.54) is 4.90 Å². The molecular weight excluding hydrogens is 370 g/mol. The van der Waals surface area contributed by atoms with E-state index in [0.29, 0.717) is 6.61 Å². The summed E-state index contributed by atoms with van der Waals surface area (Å²) in [5.41, 5.74) is 2.03. The topological polar surface area (TPSA) is 40.6 Å². The molecular formula is C19H25ClN3O2S+. The molecule has 1 N–H and O–H groups in total. The first-order valence-electron chi connectivity index (χ1n) is 9.04. The molecule has 3 rings (SSSR count). The highest BCUT2D eigenvalue weighted by Gasteiger charge is 2.28. The molecule has 0 saturated carbocycles. The molecule has 0 atom stereocenters. The van der Waals surface area contributed by atoms with E-state index in [2.05, 4.69) is 4.57 Å². The number of nitrogens with zero attached hydrogens (tertiary/aromatic N) is 2. The van der Waals surface area contributed by atoms with Crippen molar-refractivity contribution in [3.63, 3.8) is 0 Å². The number of esters is 1. The van der Waals surface area contributed by atoms with Gasteiger partial charge < -0.3 is 9.64 Å². The third-order valence-corrected chi connectivity index (χ3v) is 5.89. The van der Waals surface area contributed by atoms with Crippen LogP contribution in [-0.4, -0.2) is 34.8 Å². The maximum atomic E-state index is 11.9. The first kappa shape index (κ1) is 19.1. The van der Waals surface area contributed by atoms with Crippen LogP contribution in [0.15, 0.2) is 30.6 Å². The summed E-state index contributed by atoms with van der Waals surface area (Å²) in [5, 5.41) is 0.740. The SMILES string of the molecule is CCOC(=O)C1CC[NH+](Cn2ccn(-c3cccc(Cl)c3C)c2=S)CC1. The minimum atomic E-state index is -0.0502. The average Bonchev–Trinajstić information content (AvgIpc) is 2.99. The number of aromatic nitrogens is 2. The van der Waals surface area contributed by atoms with Crippen molar-refractivity contribution in [1.82, 2.24) is 9.13 Å². The van der Waals surface area contributed by atoms with Crippen molar-refractivity contribution in [3.05, 3.63) is 45.9 Å². The molecule has 0 amide bonds. The highest BCUT2D eigenvalue weighted by Crippen LogP contribution is 2.22. The van der Waals surface area contributed by atoms with Gasteiger partial charge in [-0.15, -0.1) is 0 Å². The van der Waals surface area contributed by atoms with Crippen LogP contribution in [0.2, 0.25) is 5.02 Å². The van der Waals surface area contributed by atoms with Crippen molar-refractivity contribution in [3.8, 4) is 5.69 Å². The molecule has 1 aliphatic rings. The molecule has 0 unspecified atom stereocenters. The predicted molar refractivity (Wildman–Crippen MR) is 104 cm³/mol. The Morgan fingerprint density at radius 3 is 2.77 bits per heavy atom. The van der Waals surface area contributed by atoms with E-state index >= 15 is 0 Å². The van der Waals surface area contributed by atoms with E-state index < -0.39 is 0 Å². The summed E-state index contributed by atoms with van der Waals surface area (Å²) in [6.45, 7) is 7.02. The van der Waals surface area contributed by atoms with E-state index in [-0.39, 0.29) is 11.9 Å². The summed E-state index contributed by atoms with van der Waals surface area (Å²) in [4.78, 5) is 13.3. The minimum Gasteiger partial charge on any atom is -0.466 e. The lowest BCUT2D eigenvalue weighted by atomic mass is 9.97. The molecule has 2 heterocycles. The lowest BCUT2D eigenvalue weighted by Gasteiger charge is -2.28. The number of piperidine rings is 1. The zero-order valence-electron chi connectivity index (χ0n) is 15.2. The summed E-state index contributed by atoms with van der Waals surface area (Å²) >= 11 is 11.9. The van der Waals surface area contributed by atoms with E-state index in [1.54, 1.807) is 0 Å². The van der Waals surface area contributed by atoms with Crippen LogP contribution in [0.5, 0.6) is 0 Å². The number of carbonyl (C=O) groups is 1. The molecule has 0 spiro atoms. The lowest BCUT2D eigenvalue weighted by Crippen LogP contribution is -3.12. The number of benzene rings is 1. The zero-order chi connectivity index (χ0) is 18.7. The Bertz CT molecular complexity index is 838. The number of rotatable bonds is 5. The smallest absolute Gasteiger partial charge is 0.309 e. The number of likely N-dealkylation sites (tertiary alicyclic amines) is 1. The highest BCUT2D eigenvalue weighted by molar-refractivity contribution is 7.71. The maximum absolute atomic E-state index is 11.9. The number of nitrogens with one attached hydrogen (secondary N) is 1. The Kier molecular flexibility index (Phi) is 6.16. The summed E-state index contributed by atoms with van der Waals surface area (Å²) in [6, 6.07) is 5.85. The zero-order valence-corrected chi connectivity index (χ0v) is 16.8. The number of ether oxygens (including phenoxy) is 1. The van der Waals surface area contributed by atoms with Gasteiger partial charge in [0.05, 0.1) is 31.3 Å². The first-order chi connectivity index (χ1) is 12.5. The Hall–Kier alpha value is -1.63. The monoisotopic (exact) mass is 394 g/mol. The second-order valence-corrected chi connectivity index (χ2v) is 7.51. The van der Waals surface area contributed by atoms with Crippen LogP contribution < -0.4 is 4.90 Å².